The van der Waals surface area contributed by atoms with Crippen LogP contribution in [0, 0.1) is 5.92 Å². The maximum Gasteiger partial charge on any atom is 0.130 e. The van der Waals surface area contributed by atoms with E-state index in [1.54, 1.807) is 6.08 Å². The van der Waals surface area contributed by atoms with E-state index in [1.165, 1.54) is 0 Å². The third-order valence-corrected chi connectivity index (χ3v) is 4.17. The van der Waals surface area contributed by atoms with Gasteiger partial charge in [0, 0.05) is 0 Å². The molecule has 0 spiro atoms. The monoisotopic (exact) mass is 332 g/mol. The fraction of sp³-hybridized carbons (Fsp3) is 0.190. The Morgan fingerprint density at radius 3 is 2.40 bits per heavy atom. The number of rotatable bonds is 6. The molecule has 0 aromatic heterocycles. The van der Waals surface area contributed by atoms with Crippen molar-refractivity contribution in [1.29, 1.82) is 0 Å². The van der Waals surface area contributed by atoms with Crippen LogP contribution in [0.3, 0.4) is 0 Å². The highest BCUT2D eigenvalue weighted by Crippen LogP contribution is 2.31. The van der Waals surface area contributed by atoms with Gasteiger partial charge in [0.2, 0.25) is 0 Å². The van der Waals surface area contributed by atoms with Gasteiger partial charge in [-0.1, -0.05) is 48.5 Å². The topological polar surface area (TPSA) is 51.0 Å². The lowest BCUT2D eigenvalue weighted by atomic mass is 9.85. The highest BCUT2D eigenvalue weighted by atomic mass is 16.5. The summed E-state index contributed by atoms with van der Waals surface area (Å²) in [6.45, 7) is 2.36. The molecule has 0 amide bonds. The molecule has 2 unspecified atom stereocenters. The molecule has 0 fully saturated rings. The number of hydrogen-bond acceptors (Lipinski definition) is 4. The molecule has 2 aromatic carbocycles. The van der Waals surface area contributed by atoms with Crippen LogP contribution >= 0.6 is 0 Å². The second-order valence-electron chi connectivity index (χ2n) is 6.08. The fourth-order valence-corrected chi connectivity index (χ4v) is 2.58. The molecule has 2 atom stereocenters. The number of carbonyl (C=O) groups is 1. The molecule has 1 aliphatic carbocycles. The normalized spacial score (nSPS) is 22.8. The molecule has 3 rings (SSSR count). The Morgan fingerprint density at radius 2 is 1.72 bits per heavy atom. The van der Waals surface area contributed by atoms with Crippen molar-refractivity contribution in [2.75, 3.05) is 0 Å². The summed E-state index contributed by atoms with van der Waals surface area (Å²) < 4.78 is 6.04. The van der Waals surface area contributed by atoms with Gasteiger partial charge in [-0.25, -0.2) is 0 Å². The Kier molecular flexibility index (Phi) is 5.31. The van der Waals surface area contributed by atoms with Gasteiger partial charge in [-0.3, -0.25) is 0 Å². The first-order valence-electron chi connectivity index (χ1n) is 8.21. The van der Waals surface area contributed by atoms with Gasteiger partial charge in [0.05, 0.1) is 29.5 Å². The number of benzene rings is 2. The molecule has 0 saturated carbocycles. The van der Waals surface area contributed by atoms with Crippen LogP contribution in [0.2, 0.25) is 0 Å². The number of hydrogen-bond donors (Lipinski definition) is 0. The molecule has 4 heteroatoms. The third-order valence-electron chi connectivity index (χ3n) is 4.17. The summed E-state index contributed by atoms with van der Waals surface area (Å²) in [5.41, 5.74) is 1.80. The zero-order valence-electron chi connectivity index (χ0n) is 14.1. The van der Waals surface area contributed by atoms with E-state index in [2.05, 4.69) is 10.2 Å². The summed E-state index contributed by atoms with van der Waals surface area (Å²) in [7, 11) is 0. The van der Waals surface area contributed by atoms with Crippen LogP contribution in [-0.2, 0) is 16.1 Å². The number of azo groups is 1. The van der Waals surface area contributed by atoms with Crippen LogP contribution in [-0.4, -0.2) is 11.9 Å². The highest BCUT2D eigenvalue weighted by Gasteiger charge is 2.34. The van der Waals surface area contributed by atoms with Crippen molar-refractivity contribution in [3.8, 4) is 0 Å². The molecule has 126 valence electrons. The first-order chi connectivity index (χ1) is 12.2. The molecule has 0 saturated heterocycles. The van der Waals surface area contributed by atoms with Crippen molar-refractivity contribution < 1.29 is 9.53 Å². The van der Waals surface area contributed by atoms with Gasteiger partial charge in [0.25, 0.3) is 0 Å². The highest BCUT2D eigenvalue weighted by molar-refractivity contribution is 5.62. The maximum absolute atomic E-state index is 11.6. The van der Waals surface area contributed by atoms with E-state index in [1.807, 2.05) is 79.7 Å². The van der Waals surface area contributed by atoms with E-state index in [0.717, 1.165) is 17.5 Å². The van der Waals surface area contributed by atoms with Crippen LogP contribution in [0.5, 0.6) is 0 Å². The van der Waals surface area contributed by atoms with E-state index in [4.69, 9.17) is 4.74 Å². The van der Waals surface area contributed by atoms with Crippen LogP contribution in [0.15, 0.2) is 94.8 Å². The quantitative estimate of drug-likeness (QED) is 0.551. The first kappa shape index (κ1) is 17.0. The first-order valence-corrected chi connectivity index (χ1v) is 8.21. The second kappa shape index (κ2) is 7.81. The van der Waals surface area contributed by atoms with Crippen molar-refractivity contribution in [3.05, 3.63) is 90.2 Å². The van der Waals surface area contributed by atoms with Gasteiger partial charge >= 0.3 is 0 Å². The average Bonchev–Trinajstić information content (AvgIpc) is 2.67. The van der Waals surface area contributed by atoms with Gasteiger partial charge < -0.3 is 9.53 Å². The molecular formula is C21H20N2O2. The van der Waals surface area contributed by atoms with Crippen LogP contribution in [0.25, 0.3) is 0 Å². The standard InChI is InChI=1S/C21H20N2O2/c1-21(25-16-17-8-4-2-5-9-17)13-12-20(14-18(21)15-24)23-22-19-10-6-3-7-11-19/h2-15,18H,16H2,1H3. The lowest BCUT2D eigenvalue weighted by Gasteiger charge is -2.32. The summed E-state index contributed by atoms with van der Waals surface area (Å²) in [4.78, 5) is 11.6. The Morgan fingerprint density at radius 1 is 1.04 bits per heavy atom. The van der Waals surface area contributed by atoms with Gasteiger partial charge in [-0.05, 0) is 42.8 Å². The average molecular weight is 332 g/mol. The lowest BCUT2D eigenvalue weighted by Crippen LogP contribution is -2.37. The van der Waals surface area contributed by atoms with Crippen LogP contribution in [0.4, 0.5) is 5.69 Å². The largest absolute Gasteiger partial charge is 0.365 e. The van der Waals surface area contributed by atoms with E-state index in [9.17, 15) is 4.79 Å². The third kappa shape index (κ3) is 4.37. The Bertz CT molecular complexity index is 797. The van der Waals surface area contributed by atoms with Crippen molar-refractivity contribution in [3.63, 3.8) is 0 Å². The summed E-state index contributed by atoms with van der Waals surface area (Å²) in [5, 5.41) is 8.41. The zero-order chi connectivity index (χ0) is 17.5. The van der Waals surface area contributed by atoms with Gasteiger partial charge in [-0.2, -0.15) is 10.2 Å². The summed E-state index contributed by atoms with van der Waals surface area (Å²) in [6.07, 6.45) is 6.42. The predicted octanol–water partition coefficient (Wildman–Crippen LogP) is 5.01. The number of ether oxygens (including phenoxy) is 1. The van der Waals surface area contributed by atoms with E-state index in [0.29, 0.717) is 12.3 Å². The minimum absolute atomic E-state index is 0.411. The SMILES string of the molecule is CC1(OCc2ccccc2)C=CC(N=Nc2ccccc2)=CC1C=O. The van der Waals surface area contributed by atoms with Gasteiger partial charge in [0.1, 0.15) is 6.29 Å². The number of aldehydes is 1. The number of carbonyl (C=O) groups excluding carboxylic acids is 1. The van der Waals surface area contributed by atoms with Crippen LogP contribution < -0.4 is 0 Å². The molecule has 4 nitrogen and oxygen atoms in total. The maximum atomic E-state index is 11.6. The minimum Gasteiger partial charge on any atom is -0.365 e. The smallest absolute Gasteiger partial charge is 0.130 e. The minimum atomic E-state index is -0.691. The number of allylic oxidation sites excluding steroid dienone is 1. The molecule has 1 aliphatic rings. The van der Waals surface area contributed by atoms with Crippen molar-refractivity contribution in [2.45, 2.75) is 19.1 Å². The zero-order valence-corrected chi connectivity index (χ0v) is 14.1. The predicted molar refractivity (Wildman–Crippen MR) is 97.4 cm³/mol. The van der Waals surface area contributed by atoms with E-state index >= 15 is 0 Å². The molecule has 0 N–H and O–H groups in total. The summed E-state index contributed by atoms with van der Waals surface area (Å²) in [6, 6.07) is 19.4. The van der Waals surface area contributed by atoms with Crippen molar-refractivity contribution in [1.82, 2.24) is 0 Å². The summed E-state index contributed by atoms with van der Waals surface area (Å²) >= 11 is 0. The van der Waals surface area contributed by atoms with E-state index in [-0.39, 0.29) is 0 Å². The van der Waals surface area contributed by atoms with Crippen molar-refractivity contribution in [2.24, 2.45) is 16.1 Å². The second-order valence-corrected chi connectivity index (χ2v) is 6.08. The summed E-state index contributed by atoms with van der Waals surface area (Å²) in [5.74, 6) is -0.411. The molecular weight excluding hydrogens is 312 g/mol. The molecule has 0 radical (unpaired) electrons. The molecule has 0 heterocycles. The molecule has 0 aliphatic heterocycles. The van der Waals surface area contributed by atoms with Crippen molar-refractivity contribution >= 4 is 12.0 Å². The Labute approximate surface area is 147 Å². The van der Waals surface area contributed by atoms with Gasteiger partial charge in [-0.15, -0.1) is 0 Å². The molecule has 2 aromatic rings. The Balaban J connectivity index is 1.70. The van der Waals surface area contributed by atoms with Gasteiger partial charge in [0.15, 0.2) is 0 Å². The van der Waals surface area contributed by atoms with E-state index < -0.39 is 11.5 Å². The fourth-order valence-electron chi connectivity index (χ4n) is 2.58. The van der Waals surface area contributed by atoms with Crippen LogP contribution in [0.1, 0.15) is 12.5 Å². The number of nitrogens with zero attached hydrogens (tertiary/aromatic N) is 2. The lowest BCUT2D eigenvalue weighted by molar-refractivity contribution is -0.118. The molecule has 0 bridgehead atoms. The Hall–Kier alpha value is -2.85. The molecule has 25 heavy (non-hydrogen) atoms.